The van der Waals surface area contributed by atoms with Crippen LogP contribution < -0.4 is 16.6 Å². The molecule has 0 aliphatic carbocycles. The van der Waals surface area contributed by atoms with E-state index in [2.05, 4.69) is 10.3 Å². The summed E-state index contributed by atoms with van der Waals surface area (Å²) in [5, 5.41) is 2.95. The van der Waals surface area contributed by atoms with E-state index >= 15 is 0 Å². The Kier molecular flexibility index (Phi) is 2.98. The SMILES string of the molecule is CCCn1c(NC)nc2c1c(=O)n(C)c(=O)n2C. The second kappa shape index (κ2) is 4.32. The monoisotopic (exact) mass is 251 g/mol. The number of rotatable bonds is 3. The van der Waals surface area contributed by atoms with Crippen LogP contribution >= 0.6 is 0 Å². The molecule has 18 heavy (non-hydrogen) atoms. The third-order valence-electron chi connectivity index (χ3n) is 3.02. The lowest BCUT2D eigenvalue weighted by atomic mass is 10.4. The minimum absolute atomic E-state index is 0.310. The Bertz CT molecular complexity index is 707. The fraction of sp³-hybridized carbons (Fsp3) is 0.545. The van der Waals surface area contributed by atoms with Crippen molar-refractivity contribution in [3.8, 4) is 0 Å². The average molecular weight is 251 g/mol. The molecule has 0 fully saturated rings. The summed E-state index contributed by atoms with van der Waals surface area (Å²) in [6.45, 7) is 2.71. The molecule has 98 valence electrons. The van der Waals surface area contributed by atoms with Crippen molar-refractivity contribution >= 4 is 17.1 Å². The highest BCUT2D eigenvalue weighted by Crippen LogP contribution is 2.15. The largest absolute Gasteiger partial charge is 0.359 e. The number of hydrogen-bond donors (Lipinski definition) is 1. The summed E-state index contributed by atoms with van der Waals surface area (Å²) in [5.74, 6) is 0.602. The van der Waals surface area contributed by atoms with Crippen molar-refractivity contribution in [1.29, 1.82) is 0 Å². The molecule has 0 aliphatic rings. The fourth-order valence-corrected chi connectivity index (χ4v) is 2.08. The number of nitrogens with zero attached hydrogens (tertiary/aromatic N) is 4. The van der Waals surface area contributed by atoms with Gasteiger partial charge >= 0.3 is 5.69 Å². The van der Waals surface area contributed by atoms with E-state index in [1.807, 2.05) is 11.5 Å². The van der Waals surface area contributed by atoms with Gasteiger partial charge in [-0.2, -0.15) is 4.98 Å². The van der Waals surface area contributed by atoms with Crippen LogP contribution in [0.5, 0.6) is 0 Å². The first kappa shape index (κ1) is 12.4. The number of anilines is 1. The minimum Gasteiger partial charge on any atom is -0.359 e. The lowest BCUT2D eigenvalue weighted by molar-refractivity contribution is 0.679. The highest BCUT2D eigenvalue weighted by atomic mass is 16.2. The van der Waals surface area contributed by atoms with Crippen molar-refractivity contribution in [3.05, 3.63) is 20.8 Å². The van der Waals surface area contributed by atoms with Crippen LogP contribution in [0.1, 0.15) is 13.3 Å². The van der Waals surface area contributed by atoms with Gasteiger partial charge in [-0.05, 0) is 6.42 Å². The molecule has 0 saturated carbocycles. The normalized spacial score (nSPS) is 11.1. The molecule has 0 unspecified atom stereocenters. The molecule has 0 atom stereocenters. The highest BCUT2D eigenvalue weighted by Gasteiger charge is 2.17. The second-order valence-electron chi connectivity index (χ2n) is 4.22. The number of aryl methyl sites for hydroxylation is 2. The van der Waals surface area contributed by atoms with Gasteiger partial charge in [0.1, 0.15) is 0 Å². The highest BCUT2D eigenvalue weighted by molar-refractivity contribution is 5.74. The number of hydrogen-bond acceptors (Lipinski definition) is 4. The molecule has 0 bridgehead atoms. The summed E-state index contributed by atoms with van der Waals surface area (Å²) in [7, 11) is 4.84. The summed E-state index contributed by atoms with van der Waals surface area (Å²) < 4.78 is 4.32. The van der Waals surface area contributed by atoms with E-state index in [-0.39, 0.29) is 11.2 Å². The zero-order valence-corrected chi connectivity index (χ0v) is 11.0. The van der Waals surface area contributed by atoms with Crippen molar-refractivity contribution in [1.82, 2.24) is 18.7 Å². The Morgan fingerprint density at radius 3 is 2.44 bits per heavy atom. The third-order valence-corrected chi connectivity index (χ3v) is 3.02. The molecule has 2 rings (SSSR count). The van der Waals surface area contributed by atoms with Gasteiger partial charge < -0.3 is 9.88 Å². The van der Waals surface area contributed by atoms with E-state index in [4.69, 9.17) is 0 Å². The van der Waals surface area contributed by atoms with Crippen LogP contribution in [0.4, 0.5) is 5.95 Å². The van der Waals surface area contributed by atoms with Crippen LogP contribution in [-0.4, -0.2) is 25.7 Å². The quantitative estimate of drug-likeness (QED) is 0.825. The number of imidazole rings is 1. The molecule has 0 amide bonds. The van der Waals surface area contributed by atoms with E-state index in [0.717, 1.165) is 11.0 Å². The molecule has 7 nitrogen and oxygen atoms in total. The molecule has 7 heteroatoms. The first-order valence-corrected chi connectivity index (χ1v) is 5.86. The van der Waals surface area contributed by atoms with Gasteiger partial charge in [0.05, 0.1) is 0 Å². The molecule has 2 heterocycles. The molecular weight excluding hydrogens is 234 g/mol. The zero-order chi connectivity index (χ0) is 13.4. The van der Waals surface area contributed by atoms with Crippen LogP contribution in [0.3, 0.4) is 0 Å². The molecule has 1 N–H and O–H groups in total. The maximum atomic E-state index is 12.2. The van der Waals surface area contributed by atoms with Gasteiger partial charge in [-0.25, -0.2) is 4.79 Å². The number of fused-ring (bicyclic) bond motifs is 1. The maximum Gasteiger partial charge on any atom is 0.332 e. The lowest BCUT2D eigenvalue weighted by Gasteiger charge is -2.07. The molecule has 2 aromatic heterocycles. The van der Waals surface area contributed by atoms with Crippen molar-refractivity contribution in [3.63, 3.8) is 0 Å². The van der Waals surface area contributed by atoms with Crippen molar-refractivity contribution in [2.24, 2.45) is 14.1 Å². The smallest absolute Gasteiger partial charge is 0.332 e. The molecule has 0 aliphatic heterocycles. The third kappa shape index (κ3) is 1.54. The Balaban J connectivity index is 3.00. The summed E-state index contributed by atoms with van der Waals surface area (Å²) in [4.78, 5) is 28.3. The molecule has 0 saturated heterocycles. The molecule has 0 radical (unpaired) electrons. The molecule has 0 aromatic carbocycles. The summed E-state index contributed by atoms with van der Waals surface area (Å²) >= 11 is 0. The zero-order valence-electron chi connectivity index (χ0n) is 11.0. The molecule has 0 spiro atoms. The topological polar surface area (TPSA) is 73.8 Å². The van der Waals surface area contributed by atoms with E-state index in [0.29, 0.717) is 23.7 Å². The van der Waals surface area contributed by atoms with Gasteiger partial charge in [0.2, 0.25) is 5.95 Å². The lowest BCUT2D eigenvalue weighted by Crippen LogP contribution is -2.37. The molecule has 2 aromatic rings. The van der Waals surface area contributed by atoms with E-state index in [1.54, 1.807) is 14.1 Å². The van der Waals surface area contributed by atoms with Gasteiger partial charge in [0.25, 0.3) is 5.56 Å². The van der Waals surface area contributed by atoms with Gasteiger partial charge in [-0.15, -0.1) is 0 Å². The summed E-state index contributed by atoms with van der Waals surface area (Å²) in [5.41, 5.74) is 0.207. The standard InChI is InChI=1S/C11H17N5O2/c1-5-6-16-7-8(13-10(16)12-2)14(3)11(18)15(4)9(7)17/h5-6H2,1-4H3,(H,12,13). The number of nitrogens with one attached hydrogen (secondary N) is 1. The van der Waals surface area contributed by atoms with Crippen molar-refractivity contribution in [2.75, 3.05) is 12.4 Å². The van der Waals surface area contributed by atoms with Crippen molar-refractivity contribution < 1.29 is 0 Å². The van der Waals surface area contributed by atoms with E-state index < -0.39 is 0 Å². The van der Waals surface area contributed by atoms with Gasteiger partial charge in [-0.3, -0.25) is 13.9 Å². The predicted octanol–water partition coefficient (Wildman–Crippen LogP) is -0.115. The fourth-order valence-electron chi connectivity index (χ4n) is 2.08. The number of aromatic nitrogens is 4. The van der Waals surface area contributed by atoms with Crippen LogP contribution in [-0.2, 0) is 20.6 Å². The first-order valence-electron chi connectivity index (χ1n) is 5.86. The Hall–Kier alpha value is -2.05. The second-order valence-corrected chi connectivity index (χ2v) is 4.22. The maximum absolute atomic E-state index is 12.2. The summed E-state index contributed by atoms with van der Waals surface area (Å²) in [6.07, 6.45) is 0.881. The summed E-state index contributed by atoms with van der Waals surface area (Å²) in [6, 6.07) is 0. The van der Waals surface area contributed by atoms with Gasteiger partial charge in [-0.1, -0.05) is 6.92 Å². The Morgan fingerprint density at radius 2 is 1.89 bits per heavy atom. The Morgan fingerprint density at radius 1 is 1.22 bits per heavy atom. The average Bonchev–Trinajstić information content (AvgIpc) is 2.73. The van der Waals surface area contributed by atoms with E-state index in [1.165, 1.54) is 11.6 Å². The van der Waals surface area contributed by atoms with Crippen LogP contribution in [0.15, 0.2) is 9.59 Å². The predicted molar refractivity (Wildman–Crippen MR) is 70.1 cm³/mol. The van der Waals surface area contributed by atoms with Crippen LogP contribution in [0.2, 0.25) is 0 Å². The van der Waals surface area contributed by atoms with Crippen LogP contribution in [0.25, 0.3) is 11.2 Å². The molecular formula is C11H17N5O2. The van der Waals surface area contributed by atoms with Gasteiger partial charge in [0.15, 0.2) is 11.2 Å². The van der Waals surface area contributed by atoms with Crippen LogP contribution in [0, 0.1) is 0 Å². The minimum atomic E-state index is -0.365. The van der Waals surface area contributed by atoms with E-state index in [9.17, 15) is 9.59 Å². The first-order chi connectivity index (χ1) is 8.52. The van der Waals surface area contributed by atoms with Gasteiger partial charge in [0, 0.05) is 27.7 Å². The Labute approximate surface area is 104 Å². The van der Waals surface area contributed by atoms with Crippen molar-refractivity contribution in [2.45, 2.75) is 19.9 Å².